The van der Waals surface area contributed by atoms with Crippen molar-refractivity contribution in [1.29, 1.82) is 0 Å². The van der Waals surface area contributed by atoms with Crippen molar-refractivity contribution in [3.8, 4) is 5.69 Å². The van der Waals surface area contributed by atoms with Crippen LogP contribution < -0.4 is 0 Å². The molecule has 0 radical (unpaired) electrons. The van der Waals surface area contributed by atoms with E-state index in [1.54, 1.807) is 35.0 Å². The number of carboxylic acids is 2. The van der Waals surface area contributed by atoms with Crippen molar-refractivity contribution >= 4 is 57.9 Å². The number of nitrogens with zero attached hydrogens (tertiary/aromatic N) is 3. The molecule has 1 aromatic carbocycles. The molecular formula is C18H13N3O7S2. The Morgan fingerprint density at radius 3 is 2.47 bits per heavy atom. The molecule has 1 aliphatic heterocycles. The van der Waals surface area contributed by atoms with Crippen LogP contribution in [0.1, 0.15) is 12.1 Å². The van der Waals surface area contributed by atoms with Crippen LogP contribution in [-0.4, -0.2) is 52.8 Å². The van der Waals surface area contributed by atoms with Crippen LogP contribution in [0.2, 0.25) is 0 Å². The molecule has 3 rings (SSSR count). The van der Waals surface area contributed by atoms with E-state index in [4.69, 9.17) is 17.3 Å². The van der Waals surface area contributed by atoms with Gasteiger partial charge >= 0.3 is 11.9 Å². The SMILES string of the molecule is O=C(O)CC(C(=O)O)N1C(=O)C(=Cc2cccn2-c2ccc([N+](=O)[O-])cc2)SC1=S. The van der Waals surface area contributed by atoms with Gasteiger partial charge in [-0.3, -0.25) is 24.6 Å². The van der Waals surface area contributed by atoms with Crippen LogP contribution in [0.4, 0.5) is 5.69 Å². The maximum atomic E-state index is 12.7. The van der Waals surface area contributed by atoms with Gasteiger partial charge in [-0.25, -0.2) is 4.79 Å². The van der Waals surface area contributed by atoms with Gasteiger partial charge in [0.1, 0.15) is 10.4 Å². The van der Waals surface area contributed by atoms with Gasteiger partial charge in [0.2, 0.25) is 0 Å². The third kappa shape index (κ3) is 4.23. The fourth-order valence-corrected chi connectivity index (χ4v) is 4.16. The number of hydrogen-bond donors (Lipinski definition) is 2. The summed E-state index contributed by atoms with van der Waals surface area (Å²) in [6.45, 7) is 0. The van der Waals surface area contributed by atoms with Crippen LogP contribution in [0.5, 0.6) is 0 Å². The molecule has 1 unspecified atom stereocenters. The molecule has 10 nitrogen and oxygen atoms in total. The van der Waals surface area contributed by atoms with Gasteiger partial charge < -0.3 is 14.8 Å². The van der Waals surface area contributed by atoms with Crippen molar-refractivity contribution in [3.05, 3.63) is 63.3 Å². The summed E-state index contributed by atoms with van der Waals surface area (Å²) in [7, 11) is 0. The van der Waals surface area contributed by atoms with E-state index in [1.807, 2.05) is 0 Å². The molecule has 0 aliphatic carbocycles. The summed E-state index contributed by atoms with van der Waals surface area (Å²) in [4.78, 5) is 46.4. The van der Waals surface area contributed by atoms with Gasteiger partial charge in [0.25, 0.3) is 11.6 Å². The highest BCUT2D eigenvalue weighted by molar-refractivity contribution is 8.26. The zero-order chi connectivity index (χ0) is 22.0. The quantitative estimate of drug-likeness (QED) is 0.283. The molecule has 2 heterocycles. The highest BCUT2D eigenvalue weighted by atomic mass is 32.2. The van der Waals surface area contributed by atoms with E-state index in [9.17, 15) is 29.6 Å². The van der Waals surface area contributed by atoms with Crippen molar-refractivity contribution in [1.82, 2.24) is 9.47 Å². The number of hydrogen-bond acceptors (Lipinski definition) is 7. The van der Waals surface area contributed by atoms with Crippen molar-refractivity contribution < 1.29 is 29.5 Å². The fourth-order valence-electron chi connectivity index (χ4n) is 2.82. The number of nitro groups is 1. The first-order valence-electron chi connectivity index (χ1n) is 8.33. The summed E-state index contributed by atoms with van der Waals surface area (Å²) in [6, 6.07) is 7.59. The van der Waals surface area contributed by atoms with E-state index in [0.29, 0.717) is 11.4 Å². The lowest BCUT2D eigenvalue weighted by Gasteiger charge is -2.21. The van der Waals surface area contributed by atoms with Crippen LogP contribution in [0, 0.1) is 10.1 Å². The highest BCUT2D eigenvalue weighted by Crippen LogP contribution is 2.35. The van der Waals surface area contributed by atoms with E-state index in [1.165, 1.54) is 18.2 Å². The summed E-state index contributed by atoms with van der Waals surface area (Å²) in [5.74, 6) is -3.54. The zero-order valence-electron chi connectivity index (χ0n) is 15.0. The summed E-state index contributed by atoms with van der Waals surface area (Å²) >= 11 is 5.98. The van der Waals surface area contributed by atoms with Crippen LogP contribution in [0.3, 0.4) is 0 Å². The topological polar surface area (TPSA) is 143 Å². The van der Waals surface area contributed by atoms with Crippen molar-refractivity contribution in [3.63, 3.8) is 0 Å². The standard InChI is InChI=1S/C18H13N3O7S2/c22-15(23)9-13(17(25)26)20-16(24)14(30-18(20)29)8-12-2-1-7-19(12)10-3-5-11(6-4-10)21(27)28/h1-8,13H,9H2,(H,22,23)(H,25,26). The number of amides is 1. The number of benzene rings is 1. The molecule has 0 spiro atoms. The minimum Gasteiger partial charge on any atom is -0.481 e. The minimum absolute atomic E-state index is 0.0478. The minimum atomic E-state index is -1.61. The zero-order valence-corrected chi connectivity index (χ0v) is 16.6. The molecule has 1 aromatic heterocycles. The van der Waals surface area contributed by atoms with Gasteiger partial charge in [-0.05, 0) is 30.3 Å². The lowest BCUT2D eigenvalue weighted by Crippen LogP contribution is -2.45. The van der Waals surface area contributed by atoms with Crippen molar-refractivity contribution in [2.75, 3.05) is 0 Å². The number of aromatic nitrogens is 1. The molecule has 0 saturated carbocycles. The molecule has 2 N–H and O–H groups in total. The molecule has 12 heteroatoms. The van der Waals surface area contributed by atoms with Crippen LogP contribution >= 0.6 is 24.0 Å². The van der Waals surface area contributed by atoms with Crippen LogP contribution in [0.25, 0.3) is 11.8 Å². The lowest BCUT2D eigenvalue weighted by molar-refractivity contribution is -0.384. The Labute approximate surface area is 178 Å². The number of carboxylic acid groups (broad SMARTS) is 2. The molecule has 1 aliphatic rings. The van der Waals surface area contributed by atoms with Crippen molar-refractivity contribution in [2.45, 2.75) is 12.5 Å². The first kappa shape index (κ1) is 21.2. The van der Waals surface area contributed by atoms with Crippen LogP contribution in [-0.2, 0) is 14.4 Å². The monoisotopic (exact) mass is 447 g/mol. The summed E-state index contributed by atoms with van der Waals surface area (Å²) in [6.07, 6.45) is 2.41. The van der Waals surface area contributed by atoms with Gasteiger partial charge in [0.15, 0.2) is 0 Å². The second-order valence-electron chi connectivity index (χ2n) is 6.08. The Kier molecular flexibility index (Phi) is 5.99. The van der Waals surface area contributed by atoms with Gasteiger partial charge in [-0.2, -0.15) is 0 Å². The highest BCUT2D eigenvalue weighted by Gasteiger charge is 2.41. The lowest BCUT2D eigenvalue weighted by atomic mass is 10.2. The fraction of sp³-hybridized carbons (Fsp3) is 0.111. The Morgan fingerprint density at radius 2 is 1.90 bits per heavy atom. The largest absolute Gasteiger partial charge is 0.481 e. The Balaban J connectivity index is 1.92. The first-order chi connectivity index (χ1) is 14.2. The second kappa shape index (κ2) is 8.47. The van der Waals surface area contributed by atoms with E-state index < -0.39 is 35.2 Å². The normalized spacial score (nSPS) is 16.1. The summed E-state index contributed by atoms with van der Waals surface area (Å²) in [5, 5.41) is 29.1. The molecular weight excluding hydrogens is 434 g/mol. The number of aliphatic carboxylic acids is 2. The Hall–Kier alpha value is -3.51. The maximum absolute atomic E-state index is 12.7. The third-order valence-electron chi connectivity index (χ3n) is 4.19. The predicted octanol–water partition coefficient (Wildman–Crippen LogP) is 2.51. The molecule has 1 fully saturated rings. The number of rotatable bonds is 7. The number of thiocarbonyl (C=S) groups is 1. The predicted molar refractivity (Wildman–Crippen MR) is 111 cm³/mol. The third-order valence-corrected chi connectivity index (χ3v) is 5.52. The molecule has 30 heavy (non-hydrogen) atoms. The summed E-state index contributed by atoms with van der Waals surface area (Å²) in [5.41, 5.74) is 1.10. The van der Waals surface area contributed by atoms with Gasteiger partial charge in [-0.1, -0.05) is 24.0 Å². The van der Waals surface area contributed by atoms with Crippen LogP contribution in [0.15, 0.2) is 47.5 Å². The Bertz CT molecular complexity index is 1090. The molecule has 1 saturated heterocycles. The number of carbonyl (C=O) groups excluding carboxylic acids is 1. The van der Waals surface area contributed by atoms with E-state index in [-0.39, 0.29) is 14.9 Å². The molecule has 1 atom stereocenters. The first-order valence-corrected chi connectivity index (χ1v) is 9.55. The van der Waals surface area contributed by atoms with Gasteiger partial charge in [-0.15, -0.1) is 0 Å². The molecule has 1 amide bonds. The number of carbonyl (C=O) groups is 3. The summed E-state index contributed by atoms with van der Waals surface area (Å²) < 4.78 is 1.63. The maximum Gasteiger partial charge on any atom is 0.327 e. The second-order valence-corrected chi connectivity index (χ2v) is 7.76. The molecule has 2 aromatic rings. The van der Waals surface area contributed by atoms with Gasteiger partial charge in [0.05, 0.1) is 16.2 Å². The van der Waals surface area contributed by atoms with E-state index in [2.05, 4.69) is 0 Å². The smallest absolute Gasteiger partial charge is 0.327 e. The number of non-ortho nitro benzene ring substituents is 1. The van der Waals surface area contributed by atoms with E-state index >= 15 is 0 Å². The Morgan fingerprint density at radius 1 is 1.23 bits per heavy atom. The average Bonchev–Trinajstić information content (AvgIpc) is 3.24. The number of thioether (sulfide) groups is 1. The average molecular weight is 447 g/mol. The number of nitro benzene ring substituents is 1. The van der Waals surface area contributed by atoms with Gasteiger partial charge in [0, 0.05) is 29.7 Å². The molecule has 154 valence electrons. The van der Waals surface area contributed by atoms with E-state index in [0.717, 1.165) is 16.7 Å². The molecule has 0 bridgehead atoms. The van der Waals surface area contributed by atoms with Crippen molar-refractivity contribution in [2.24, 2.45) is 0 Å².